The molecule has 0 atom stereocenters. The van der Waals surface area contributed by atoms with Gasteiger partial charge in [-0.1, -0.05) is 6.07 Å². The summed E-state index contributed by atoms with van der Waals surface area (Å²) >= 11 is 0. The van der Waals surface area contributed by atoms with Crippen molar-refractivity contribution < 1.29 is 14.1 Å². The topological polar surface area (TPSA) is 109 Å². The Morgan fingerprint density at radius 3 is 2.77 bits per heavy atom. The molecular weight excluding hydrogens is 286 g/mol. The second-order valence-corrected chi connectivity index (χ2v) is 4.38. The maximum Gasteiger partial charge on any atom is 0.271 e. The van der Waals surface area contributed by atoms with Gasteiger partial charge in [0.2, 0.25) is 0 Å². The average molecular weight is 297 g/mol. The number of nitrogens with zero attached hydrogens (tertiary/aromatic N) is 2. The molecule has 22 heavy (non-hydrogen) atoms. The molecule has 7 nitrogen and oxygen atoms in total. The summed E-state index contributed by atoms with van der Waals surface area (Å²) in [4.78, 5) is 22.1. The highest BCUT2D eigenvalue weighted by Gasteiger charge is 2.12. The van der Waals surface area contributed by atoms with Crippen molar-refractivity contribution >= 4 is 23.4 Å². The molecule has 0 radical (unpaired) electrons. The third-order valence-corrected chi connectivity index (χ3v) is 2.73. The molecule has 1 aromatic heterocycles. The van der Waals surface area contributed by atoms with Gasteiger partial charge in [-0.15, -0.1) is 0 Å². The van der Waals surface area contributed by atoms with E-state index in [1.54, 1.807) is 25.1 Å². The predicted molar refractivity (Wildman–Crippen MR) is 78.8 cm³/mol. The SMILES string of the molecule is Cc1ccc(C=C(C#N)C(=O)Nc2cccc([N+](=O)[O-])c2)o1. The first-order valence-corrected chi connectivity index (χ1v) is 6.23. The molecule has 1 N–H and O–H groups in total. The average Bonchev–Trinajstić information content (AvgIpc) is 2.90. The van der Waals surface area contributed by atoms with Crippen molar-refractivity contribution in [3.05, 3.63) is 63.6 Å². The van der Waals surface area contributed by atoms with E-state index in [0.29, 0.717) is 11.5 Å². The summed E-state index contributed by atoms with van der Waals surface area (Å²) in [6.45, 7) is 1.74. The van der Waals surface area contributed by atoms with Gasteiger partial charge in [-0.05, 0) is 25.1 Å². The molecule has 110 valence electrons. The Bertz CT molecular complexity index is 799. The maximum absolute atomic E-state index is 12.0. The normalized spacial score (nSPS) is 10.8. The molecular formula is C15H11N3O4. The number of rotatable bonds is 4. The van der Waals surface area contributed by atoms with Crippen LogP contribution in [-0.4, -0.2) is 10.8 Å². The van der Waals surface area contributed by atoms with Gasteiger partial charge in [0, 0.05) is 23.9 Å². The lowest BCUT2D eigenvalue weighted by atomic mass is 10.2. The van der Waals surface area contributed by atoms with Gasteiger partial charge in [0.05, 0.1) is 4.92 Å². The second kappa shape index (κ2) is 6.37. The number of anilines is 1. The van der Waals surface area contributed by atoms with Gasteiger partial charge in [-0.2, -0.15) is 5.26 Å². The van der Waals surface area contributed by atoms with Crippen molar-refractivity contribution in [3.63, 3.8) is 0 Å². The lowest BCUT2D eigenvalue weighted by molar-refractivity contribution is -0.384. The molecule has 1 aromatic carbocycles. The number of furan rings is 1. The number of nitro benzene ring substituents is 1. The van der Waals surface area contributed by atoms with Crippen LogP contribution in [-0.2, 0) is 4.79 Å². The molecule has 0 saturated heterocycles. The van der Waals surface area contributed by atoms with Gasteiger partial charge in [-0.25, -0.2) is 0 Å². The number of aryl methyl sites for hydroxylation is 1. The molecule has 0 bridgehead atoms. The molecule has 0 saturated carbocycles. The third kappa shape index (κ3) is 3.58. The molecule has 0 spiro atoms. The number of non-ortho nitro benzene ring substituents is 1. The molecule has 0 aliphatic rings. The highest BCUT2D eigenvalue weighted by Crippen LogP contribution is 2.18. The maximum atomic E-state index is 12.0. The minimum atomic E-state index is -0.669. The van der Waals surface area contributed by atoms with E-state index in [1.807, 2.05) is 0 Å². The van der Waals surface area contributed by atoms with Gasteiger partial charge in [0.1, 0.15) is 23.2 Å². The quantitative estimate of drug-likeness (QED) is 0.403. The summed E-state index contributed by atoms with van der Waals surface area (Å²) in [5.41, 5.74) is -0.0845. The zero-order valence-electron chi connectivity index (χ0n) is 11.6. The minimum Gasteiger partial charge on any atom is -0.462 e. The summed E-state index contributed by atoms with van der Waals surface area (Å²) < 4.78 is 5.27. The molecule has 7 heteroatoms. The molecule has 0 unspecified atom stereocenters. The van der Waals surface area contributed by atoms with E-state index < -0.39 is 10.8 Å². The Balaban J connectivity index is 2.20. The van der Waals surface area contributed by atoms with Crippen LogP contribution < -0.4 is 5.32 Å². The van der Waals surface area contributed by atoms with Crippen molar-refractivity contribution in [2.24, 2.45) is 0 Å². The number of carbonyl (C=O) groups excluding carboxylic acids is 1. The molecule has 0 fully saturated rings. The lowest BCUT2D eigenvalue weighted by Gasteiger charge is -2.03. The predicted octanol–water partition coefficient (Wildman–Crippen LogP) is 3.04. The summed E-state index contributed by atoms with van der Waals surface area (Å²) in [6, 6.07) is 10.6. The summed E-state index contributed by atoms with van der Waals surface area (Å²) in [5.74, 6) is 0.364. The van der Waals surface area contributed by atoms with E-state index in [1.165, 1.54) is 30.3 Å². The van der Waals surface area contributed by atoms with Gasteiger partial charge in [0.25, 0.3) is 11.6 Å². The standard InChI is InChI=1S/C15H11N3O4/c1-10-5-6-14(22-10)7-11(9-16)15(19)17-12-3-2-4-13(8-12)18(20)21/h2-8H,1H3,(H,17,19). The molecule has 2 aromatic rings. The minimum absolute atomic E-state index is 0.151. The fraction of sp³-hybridized carbons (Fsp3) is 0.0667. The van der Waals surface area contributed by atoms with Crippen LogP contribution in [0.5, 0.6) is 0 Å². The van der Waals surface area contributed by atoms with E-state index in [9.17, 15) is 14.9 Å². The highest BCUT2D eigenvalue weighted by atomic mass is 16.6. The molecule has 0 aliphatic carbocycles. The second-order valence-electron chi connectivity index (χ2n) is 4.38. The van der Waals surface area contributed by atoms with E-state index in [4.69, 9.17) is 9.68 Å². The Morgan fingerprint density at radius 2 is 2.18 bits per heavy atom. The number of hydrogen-bond acceptors (Lipinski definition) is 5. The third-order valence-electron chi connectivity index (χ3n) is 2.73. The number of nitrogens with one attached hydrogen (secondary N) is 1. The van der Waals surface area contributed by atoms with Crippen LogP contribution in [0.2, 0.25) is 0 Å². The van der Waals surface area contributed by atoms with Crippen LogP contribution in [0.3, 0.4) is 0 Å². The van der Waals surface area contributed by atoms with E-state index in [0.717, 1.165) is 0 Å². The largest absolute Gasteiger partial charge is 0.462 e. The summed E-state index contributed by atoms with van der Waals surface area (Å²) in [6.07, 6.45) is 1.31. The van der Waals surface area contributed by atoms with Crippen molar-refractivity contribution in [3.8, 4) is 6.07 Å². The van der Waals surface area contributed by atoms with Crippen LogP contribution in [0, 0.1) is 28.4 Å². The fourth-order valence-electron chi connectivity index (χ4n) is 1.72. The number of nitro groups is 1. The monoisotopic (exact) mass is 297 g/mol. The van der Waals surface area contributed by atoms with E-state index >= 15 is 0 Å². The molecule has 0 aliphatic heterocycles. The molecule has 1 amide bonds. The van der Waals surface area contributed by atoms with Crippen LogP contribution in [0.25, 0.3) is 6.08 Å². The first-order chi connectivity index (χ1) is 10.5. The first kappa shape index (κ1) is 15.0. The Morgan fingerprint density at radius 1 is 1.41 bits per heavy atom. The van der Waals surface area contributed by atoms with Gasteiger partial charge in [0.15, 0.2) is 0 Å². The number of amides is 1. The van der Waals surface area contributed by atoms with Gasteiger partial charge < -0.3 is 9.73 Å². The summed E-state index contributed by atoms with van der Waals surface area (Å²) in [7, 11) is 0. The fourth-order valence-corrected chi connectivity index (χ4v) is 1.72. The van der Waals surface area contributed by atoms with Gasteiger partial charge in [-0.3, -0.25) is 14.9 Å². The van der Waals surface area contributed by atoms with Crippen molar-refractivity contribution in [1.82, 2.24) is 0 Å². The Hall–Kier alpha value is -3.40. The van der Waals surface area contributed by atoms with Gasteiger partial charge >= 0.3 is 0 Å². The number of hydrogen-bond donors (Lipinski definition) is 1. The smallest absolute Gasteiger partial charge is 0.271 e. The Labute approximate surface area is 125 Å². The summed E-state index contributed by atoms with van der Waals surface area (Å²) in [5, 5.41) is 22.2. The van der Waals surface area contributed by atoms with E-state index in [2.05, 4.69) is 5.32 Å². The molecule has 1 heterocycles. The van der Waals surface area contributed by atoms with Crippen molar-refractivity contribution in [1.29, 1.82) is 5.26 Å². The van der Waals surface area contributed by atoms with Crippen molar-refractivity contribution in [2.45, 2.75) is 6.92 Å². The highest BCUT2D eigenvalue weighted by molar-refractivity contribution is 6.09. The lowest BCUT2D eigenvalue weighted by Crippen LogP contribution is -2.13. The molecule has 2 rings (SSSR count). The van der Waals surface area contributed by atoms with E-state index in [-0.39, 0.29) is 16.9 Å². The number of carbonyl (C=O) groups is 1. The zero-order chi connectivity index (χ0) is 16.1. The van der Waals surface area contributed by atoms with Crippen LogP contribution >= 0.6 is 0 Å². The zero-order valence-corrected chi connectivity index (χ0v) is 11.6. The van der Waals surface area contributed by atoms with Crippen molar-refractivity contribution in [2.75, 3.05) is 5.32 Å². The first-order valence-electron chi connectivity index (χ1n) is 6.23. The Kier molecular flexibility index (Phi) is 4.34. The van der Waals surface area contributed by atoms with Crippen LogP contribution in [0.15, 0.2) is 46.4 Å². The number of nitriles is 1. The number of benzene rings is 1. The van der Waals surface area contributed by atoms with Crippen LogP contribution in [0.1, 0.15) is 11.5 Å². The van der Waals surface area contributed by atoms with Crippen LogP contribution in [0.4, 0.5) is 11.4 Å².